The average molecular weight is 667 g/mol. The first kappa shape index (κ1) is 24.5. The van der Waals surface area contributed by atoms with Crippen molar-refractivity contribution in [3.63, 3.8) is 0 Å². The molecule has 3 aromatic heterocycles. The molecule has 0 fully saturated rings. The summed E-state index contributed by atoms with van der Waals surface area (Å²) in [5, 5.41) is 2.26. The molecule has 0 bridgehead atoms. The largest absolute Gasteiger partial charge is 2.00 e. The molecule has 3 heterocycles. The predicted molar refractivity (Wildman–Crippen MR) is 139 cm³/mol. The molecule has 0 aliphatic heterocycles. The Labute approximate surface area is 228 Å². The van der Waals surface area contributed by atoms with Gasteiger partial charge in [-0.15, -0.1) is 18.2 Å². The molecular formula is C30H21N3O3Pt. The van der Waals surface area contributed by atoms with Gasteiger partial charge in [0.05, 0.1) is 14.2 Å². The summed E-state index contributed by atoms with van der Waals surface area (Å²) in [4.78, 5) is 8.90. The third-order valence-corrected chi connectivity index (χ3v) is 5.99. The van der Waals surface area contributed by atoms with Crippen LogP contribution in [0, 0.1) is 12.1 Å². The summed E-state index contributed by atoms with van der Waals surface area (Å²) in [6.45, 7) is 0. The van der Waals surface area contributed by atoms with Crippen molar-refractivity contribution in [3.8, 4) is 40.1 Å². The molecule has 37 heavy (non-hydrogen) atoms. The second-order valence-electron chi connectivity index (χ2n) is 8.06. The molecule has 0 N–H and O–H groups in total. The molecule has 0 radical (unpaired) electrons. The SMILES string of the molecule is COc1ccnc(Oc2[c-]c(-c3[c-]c4c(cc3)c3ccccc3n4-c3ccccn3)ccc2)c1OC.[Pt+2]. The number of nitrogens with zero attached hydrogens (tertiary/aromatic N) is 3. The number of rotatable bonds is 6. The van der Waals surface area contributed by atoms with E-state index in [2.05, 4.69) is 50.9 Å². The van der Waals surface area contributed by atoms with Crippen molar-refractivity contribution in [2.24, 2.45) is 0 Å². The molecule has 184 valence electrons. The van der Waals surface area contributed by atoms with E-state index >= 15 is 0 Å². The maximum atomic E-state index is 6.03. The summed E-state index contributed by atoms with van der Waals surface area (Å²) in [7, 11) is 3.13. The zero-order valence-electron chi connectivity index (χ0n) is 20.0. The van der Waals surface area contributed by atoms with Crippen molar-refractivity contribution in [3.05, 3.63) is 103 Å². The Balaban J connectivity index is 0.00000280. The number of pyridine rings is 2. The van der Waals surface area contributed by atoms with Crippen LogP contribution in [0.4, 0.5) is 0 Å². The van der Waals surface area contributed by atoms with Crippen LogP contribution in [0.25, 0.3) is 38.8 Å². The Bertz CT molecular complexity index is 1700. The van der Waals surface area contributed by atoms with Gasteiger partial charge in [-0.2, -0.15) is 24.3 Å². The van der Waals surface area contributed by atoms with E-state index in [-0.39, 0.29) is 21.1 Å². The number of fused-ring (bicyclic) bond motifs is 3. The number of benzene rings is 3. The molecule has 6 nitrogen and oxygen atoms in total. The number of aromatic nitrogens is 3. The fourth-order valence-electron chi connectivity index (χ4n) is 4.38. The fourth-order valence-corrected chi connectivity index (χ4v) is 4.38. The fraction of sp³-hybridized carbons (Fsp3) is 0.0667. The van der Waals surface area contributed by atoms with Crippen LogP contribution in [-0.4, -0.2) is 28.8 Å². The van der Waals surface area contributed by atoms with Gasteiger partial charge in [-0.25, -0.2) is 21.1 Å². The molecule has 0 spiro atoms. The van der Waals surface area contributed by atoms with Gasteiger partial charge in [-0.3, -0.25) is 0 Å². The Morgan fingerprint density at radius 2 is 1.54 bits per heavy atom. The first-order chi connectivity index (χ1) is 17.8. The van der Waals surface area contributed by atoms with Crippen molar-refractivity contribution in [2.45, 2.75) is 0 Å². The minimum atomic E-state index is 0. The van der Waals surface area contributed by atoms with E-state index in [1.807, 2.05) is 48.5 Å². The first-order valence-corrected chi connectivity index (χ1v) is 11.4. The number of hydrogen-bond acceptors (Lipinski definition) is 5. The Morgan fingerprint density at radius 1 is 0.703 bits per heavy atom. The summed E-state index contributed by atoms with van der Waals surface area (Å²) in [5.74, 6) is 2.62. The van der Waals surface area contributed by atoms with Crippen molar-refractivity contribution in [1.82, 2.24) is 14.5 Å². The molecule has 0 atom stereocenters. The van der Waals surface area contributed by atoms with Gasteiger partial charge in [0.25, 0.3) is 5.88 Å². The van der Waals surface area contributed by atoms with Gasteiger partial charge >= 0.3 is 21.1 Å². The van der Waals surface area contributed by atoms with Gasteiger partial charge < -0.3 is 18.8 Å². The zero-order chi connectivity index (χ0) is 24.5. The van der Waals surface area contributed by atoms with Crippen LogP contribution in [0.15, 0.2) is 91.3 Å². The summed E-state index contributed by atoms with van der Waals surface area (Å²) in [5.41, 5.74) is 3.76. The maximum absolute atomic E-state index is 6.03. The van der Waals surface area contributed by atoms with E-state index in [4.69, 9.17) is 14.2 Å². The van der Waals surface area contributed by atoms with E-state index in [0.717, 1.165) is 38.8 Å². The Hall–Kier alpha value is -4.15. The van der Waals surface area contributed by atoms with E-state index in [9.17, 15) is 0 Å². The van der Waals surface area contributed by atoms with Crippen molar-refractivity contribution in [1.29, 1.82) is 0 Å². The first-order valence-electron chi connectivity index (χ1n) is 11.4. The van der Waals surface area contributed by atoms with Crippen molar-refractivity contribution < 1.29 is 35.3 Å². The van der Waals surface area contributed by atoms with Gasteiger partial charge in [0, 0.05) is 29.7 Å². The maximum Gasteiger partial charge on any atom is 2.00 e. The third kappa shape index (κ3) is 4.45. The summed E-state index contributed by atoms with van der Waals surface area (Å²) < 4.78 is 19.0. The molecule has 0 amide bonds. The van der Waals surface area contributed by atoms with Gasteiger partial charge in [0.1, 0.15) is 5.82 Å². The number of para-hydroxylation sites is 1. The van der Waals surface area contributed by atoms with Gasteiger partial charge in [0.2, 0.25) is 5.75 Å². The van der Waals surface area contributed by atoms with Gasteiger partial charge in [-0.1, -0.05) is 29.7 Å². The third-order valence-electron chi connectivity index (χ3n) is 5.99. The van der Waals surface area contributed by atoms with Crippen LogP contribution < -0.4 is 14.2 Å². The molecule has 0 saturated carbocycles. The van der Waals surface area contributed by atoms with Crippen LogP contribution in [0.1, 0.15) is 0 Å². The standard InChI is InChI=1S/C30H21N3O3.Pt/c1-34-27-15-17-32-30(29(27)35-2)36-22-9-7-8-20(18-22)21-13-14-24-23-10-3-4-11-25(23)33(26(24)19-21)28-12-5-6-16-31-28;/h3-17H,1-2H3;/q-2;+2. The summed E-state index contributed by atoms with van der Waals surface area (Å²) >= 11 is 0. The summed E-state index contributed by atoms with van der Waals surface area (Å²) in [6.07, 6.45) is 3.41. The Kier molecular flexibility index (Phi) is 6.93. The van der Waals surface area contributed by atoms with Gasteiger partial charge in [-0.05, 0) is 29.1 Å². The minimum absolute atomic E-state index is 0. The molecule has 6 rings (SSSR count). The second-order valence-corrected chi connectivity index (χ2v) is 8.06. The molecule has 6 aromatic rings. The van der Waals surface area contributed by atoms with Crippen LogP contribution in [-0.2, 0) is 21.1 Å². The van der Waals surface area contributed by atoms with Crippen molar-refractivity contribution >= 4 is 21.8 Å². The predicted octanol–water partition coefficient (Wildman–Crippen LogP) is 6.65. The van der Waals surface area contributed by atoms with E-state index < -0.39 is 0 Å². The molecule has 3 aromatic carbocycles. The van der Waals surface area contributed by atoms with E-state index in [0.29, 0.717) is 23.1 Å². The Morgan fingerprint density at radius 3 is 2.35 bits per heavy atom. The number of hydrogen-bond donors (Lipinski definition) is 0. The van der Waals surface area contributed by atoms with Crippen molar-refractivity contribution in [2.75, 3.05) is 14.2 Å². The number of methoxy groups -OCH3 is 2. The number of ether oxygens (including phenoxy) is 3. The topological polar surface area (TPSA) is 58.4 Å². The normalized spacial score (nSPS) is 10.8. The molecule has 0 unspecified atom stereocenters. The monoisotopic (exact) mass is 666 g/mol. The van der Waals surface area contributed by atoms with Gasteiger partial charge in [0.15, 0.2) is 5.75 Å². The average Bonchev–Trinajstić information content (AvgIpc) is 3.27. The molecule has 7 heteroatoms. The van der Waals surface area contributed by atoms with E-state index in [1.165, 1.54) is 0 Å². The van der Waals surface area contributed by atoms with Crippen LogP contribution in [0.3, 0.4) is 0 Å². The summed E-state index contributed by atoms with van der Waals surface area (Å²) in [6, 6.07) is 32.8. The van der Waals surface area contributed by atoms with Crippen LogP contribution in [0.2, 0.25) is 0 Å². The van der Waals surface area contributed by atoms with Crippen LogP contribution >= 0.6 is 0 Å². The van der Waals surface area contributed by atoms with E-state index in [1.54, 1.807) is 32.7 Å². The second kappa shape index (κ2) is 10.5. The molecule has 0 aliphatic rings. The quantitative estimate of drug-likeness (QED) is 0.187. The minimum Gasteiger partial charge on any atom is -0.493 e. The molecule has 0 aliphatic carbocycles. The molecule has 0 saturated heterocycles. The smallest absolute Gasteiger partial charge is 0.493 e. The molecular weight excluding hydrogens is 645 g/mol. The zero-order valence-corrected chi connectivity index (χ0v) is 22.3. The van der Waals surface area contributed by atoms with Crippen LogP contribution in [0.5, 0.6) is 23.1 Å².